The van der Waals surface area contributed by atoms with Gasteiger partial charge in [0.15, 0.2) is 0 Å². The fourth-order valence-corrected chi connectivity index (χ4v) is 7.07. The van der Waals surface area contributed by atoms with Gasteiger partial charge in [-0.05, 0) is 58.8 Å². The van der Waals surface area contributed by atoms with E-state index < -0.39 is 59.6 Å². The third-order valence-corrected chi connectivity index (χ3v) is 9.99. The predicted octanol–water partition coefficient (Wildman–Crippen LogP) is 0.912. The van der Waals surface area contributed by atoms with Gasteiger partial charge in [0.25, 0.3) is 0 Å². The van der Waals surface area contributed by atoms with Crippen molar-refractivity contribution in [3.8, 4) is 0 Å². The summed E-state index contributed by atoms with van der Waals surface area (Å²) in [5.41, 5.74) is 5.52. The van der Waals surface area contributed by atoms with E-state index in [4.69, 9.17) is 24.7 Å². The van der Waals surface area contributed by atoms with E-state index in [1.807, 2.05) is 13.8 Å². The Bertz CT molecular complexity index is 1200. The second-order valence-corrected chi connectivity index (χ2v) is 13.5. The Morgan fingerprint density at radius 1 is 1.13 bits per heavy atom. The molecule has 0 aromatic heterocycles. The number of hydrogen-bond acceptors (Lipinski definition) is 9. The number of nitrogens with zero attached hydrogens (tertiary/aromatic N) is 1. The number of nitrogens with two attached hydrogens (primary N) is 1. The molecule has 1 unspecified atom stereocenters. The molecule has 0 bridgehead atoms. The van der Waals surface area contributed by atoms with Gasteiger partial charge in [-0.2, -0.15) is 0 Å². The zero-order valence-electron chi connectivity index (χ0n) is 27.9. The molecule has 4 fully saturated rings. The van der Waals surface area contributed by atoms with Crippen LogP contribution in [0.1, 0.15) is 73.1 Å². The monoisotopic (exact) mass is 649 g/mol. The van der Waals surface area contributed by atoms with Crippen molar-refractivity contribution >= 4 is 29.7 Å². The molecule has 3 saturated heterocycles. The molecule has 14 heteroatoms. The maximum absolute atomic E-state index is 13.2. The Morgan fingerprint density at radius 3 is 2.46 bits per heavy atom. The van der Waals surface area contributed by atoms with Crippen LogP contribution < -0.4 is 21.7 Å². The molecule has 3 aliphatic heterocycles. The standard InChI is InChI=1S/C32H51N5O9/c1-7-19(4)25(29(41)34-15-23(33)38)36-28(40)20-9-8-14-37(20)24(39)16-35-30(42)45-21-12-13-32(17-44-32)27(26(21)43-6)31(5)22(46-31)11-10-18(2)3/h10,19-22,25-27H,7-9,11-17H2,1-6H3,(H2,33,38)(H,34,41)(H,35,42)(H,36,40)/t19-,20-,21?,22+,25-,26+,27+,31+,32-/m0/s1. The molecule has 14 nitrogen and oxygen atoms in total. The van der Waals surface area contributed by atoms with E-state index in [0.29, 0.717) is 45.3 Å². The number of nitrogens with one attached hydrogen (secondary N) is 3. The maximum atomic E-state index is 13.2. The van der Waals surface area contributed by atoms with Gasteiger partial charge in [-0.25, -0.2) is 4.79 Å². The molecule has 4 rings (SSSR count). The number of carbonyl (C=O) groups excluding carboxylic acids is 5. The SMILES string of the molecule is CC[C@H](C)[C@H](NC(=O)[C@@H]1CCCN1C(=O)CNC(=O)OC1CC[C@]2(CO2)[C@@H]([C@]2(C)O[C@@H]2CC=C(C)C)[C@@H]1OC)C(=O)NCC(N)=O. The number of carbonyl (C=O) groups is 5. The number of allylic oxidation sites excluding steroid dienone is 1. The third-order valence-electron chi connectivity index (χ3n) is 9.99. The first-order valence-corrected chi connectivity index (χ1v) is 16.3. The van der Waals surface area contributed by atoms with Gasteiger partial charge in [-0.1, -0.05) is 31.9 Å². The Hall–Kier alpha value is -3.23. The Kier molecular flexibility index (Phi) is 11.4. The highest BCUT2D eigenvalue weighted by Crippen LogP contribution is 2.59. The maximum Gasteiger partial charge on any atom is 0.407 e. The molecule has 4 aliphatic rings. The van der Waals surface area contributed by atoms with Crippen LogP contribution in [0.15, 0.2) is 11.6 Å². The summed E-state index contributed by atoms with van der Waals surface area (Å²) < 4.78 is 23.9. The second kappa shape index (κ2) is 14.7. The molecular weight excluding hydrogens is 598 g/mol. The molecule has 5 amide bonds. The van der Waals surface area contributed by atoms with Gasteiger partial charge in [0, 0.05) is 13.7 Å². The van der Waals surface area contributed by atoms with Crippen LogP contribution in [0.5, 0.6) is 0 Å². The lowest BCUT2D eigenvalue weighted by molar-refractivity contribution is -0.139. The van der Waals surface area contributed by atoms with Crippen LogP contribution >= 0.6 is 0 Å². The van der Waals surface area contributed by atoms with Gasteiger partial charge in [-0.15, -0.1) is 0 Å². The topological polar surface area (TPSA) is 194 Å². The molecule has 1 saturated carbocycles. The van der Waals surface area contributed by atoms with Crippen LogP contribution in [-0.4, -0.2) is 110 Å². The van der Waals surface area contributed by atoms with Crippen LogP contribution in [0.25, 0.3) is 0 Å². The van der Waals surface area contributed by atoms with Crippen molar-refractivity contribution < 1.29 is 42.9 Å². The van der Waals surface area contributed by atoms with E-state index in [2.05, 4.69) is 42.8 Å². The van der Waals surface area contributed by atoms with E-state index in [1.165, 1.54) is 10.5 Å². The number of alkyl carbamates (subject to hydrolysis) is 1. The van der Waals surface area contributed by atoms with E-state index in [0.717, 1.165) is 6.42 Å². The molecule has 0 aromatic rings. The Labute approximate surface area is 270 Å². The highest BCUT2D eigenvalue weighted by Gasteiger charge is 2.72. The average Bonchev–Trinajstić information content (AvgIpc) is 3.87. The van der Waals surface area contributed by atoms with Gasteiger partial charge in [-0.3, -0.25) is 19.2 Å². The van der Waals surface area contributed by atoms with Crippen LogP contribution in [-0.2, 0) is 38.1 Å². The van der Waals surface area contributed by atoms with Crippen LogP contribution in [0.4, 0.5) is 4.79 Å². The number of hydrogen-bond donors (Lipinski definition) is 4. The van der Waals surface area contributed by atoms with Gasteiger partial charge in [0.1, 0.15) is 42.0 Å². The first-order chi connectivity index (χ1) is 21.8. The number of rotatable bonds is 14. The molecule has 0 aromatic carbocycles. The molecule has 9 atom stereocenters. The summed E-state index contributed by atoms with van der Waals surface area (Å²) in [6.07, 6.45) is 4.04. The van der Waals surface area contributed by atoms with Crippen molar-refractivity contribution in [1.29, 1.82) is 0 Å². The molecule has 46 heavy (non-hydrogen) atoms. The van der Waals surface area contributed by atoms with E-state index >= 15 is 0 Å². The number of amides is 5. The molecule has 258 valence electrons. The number of primary amides is 1. The van der Waals surface area contributed by atoms with Gasteiger partial charge < -0.3 is 45.5 Å². The fourth-order valence-electron chi connectivity index (χ4n) is 7.07. The third kappa shape index (κ3) is 8.00. The van der Waals surface area contributed by atoms with Crippen molar-refractivity contribution in [3.63, 3.8) is 0 Å². The first kappa shape index (κ1) is 35.6. The Morgan fingerprint density at radius 2 is 1.85 bits per heavy atom. The van der Waals surface area contributed by atoms with Crippen molar-refractivity contribution in [2.24, 2.45) is 17.6 Å². The molecule has 5 N–H and O–H groups in total. The van der Waals surface area contributed by atoms with Crippen LogP contribution in [0.2, 0.25) is 0 Å². The largest absolute Gasteiger partial charge is 0.443 e. The quantitative estimate of drug-likeness (QED) is 0.156. The lowest BCUT2D eigenvalue weighted by atomic mass is 9.68. The Balaban J connectivity index is 1.32. The number of methoxy groups -OCH3 is 1. The van der Waals surface area contributed by atoms with Crippen molar-refractivity contribution in [2.75, 3.05) is 33.4 Å². The lowest BCUT2D eigenvalue weighted by Crippen LogP contribution is -2.57. The zero-order valence-corrected chi connectivity index (χ0v) is 27.9. The lowest BCUT2D eigenvalue weighted by Gasteiger charge is -2.42. The first-order valence-electron chi connectivity index (χ1n) is 16.3. The summed E-state index contributed by atoms with van der Waals surface area (Å²) in [5, 5.41) is 7.74. The van der Waals surface area contributed by atoms with E-state index in [9.17, 15) is 24.0 Å². The van der Waals surface area contributed by atoms with Crippen LogP contribution in [0.3, 0.4) is 0 Å². The molecular formula is C32H51N5O9. The van der Waals surface area contributed by atoms with E-state index in [-0.39, 0.29) is 36.6 Å². The van der Waals surface area contributed by atoms with Crippen molar-refractivity contribution in [3.05, 3.63) is 11.6 Å². The van der Waals surface area contributed by atoms with Crippen LogP contribution in [0, 0.1) is 11.8 Å². The number of likely N-dealkylation sites (tertiary alicyclic amines) is 1. The molecule has 0 radical (unpaired) electrons. The highest BCUT2D eigenvalue weighted by atomic mass is 16.6. The number of ether oxygens (including phenoxy) is 4. The molecule has 1 spiro atoms. The summed E-state index contributed by atoms with van der Waals surface area (Å²) in [5.74, 6) is -2.49. The summed E-state index contributed by atoms with van der Waals surface area (Å²) >= 11 is 0. The minimum Gasteiger partial charge on any atom is -0.443 e. The van der Waals surface area contributed by atoms with E-state index in [1.54, 1.807) is 7.11 Å². The minimum absolute atomic E-state index is 0.0203. The normalized spacial score (nSPS) is 32.6. The number of epoxide rings is 2. The van der Waals surface area contributed by atoms with Gasteiger partial charge in [0.2, 0.25) is 23.6 Å². The second-order valence-electron chi connectivity index (χ2n) is 13.5. The fraction of sp³-hybridized carbons (Fsp3) is 0.781. The van der Waals surface area contributed by atoms with Gasteiger partial charge >= 0.3 is 6.09 Å². The molecule has 3 heterocycles. The zero-order chi connectivity index (χ0) is 33.8. The van der Waals surface area contributed by atoms with Crippen molar-refractivity contribution in [1.82, 2.24) is 20.9 Å². The van der Waals surface area contributed by atoms with Gasteiger partial charge in [0.05, 0.1) is 25.2 Å². The van der Waals surface area contributed by atoms with Crippen molar-refractivity contribution in [2.45, 2.75) is 115 Å². The summed E-state index contributed by atoms with van der Waals surface area (Å²) in [6, 6.07) is -1.70. The smallest absolute Gasteiger partial charge is 0.407 e. The summed E-state index contributed by atoms with van der Waals surface area (Å²) in [4.78, 5) is 64.6. The summed E-state index contributed by atoms with van der Waals surface area (Å²) in [6.45, 7) is 10.1. The predicted molar refractivity (Wildman–Crippen MR) is 166 cm³/mol. The highest BCUT2D eigenvalue weighted by molar-refractivity contribution is 5.94. The average molecular weight is 650 g/mol. The summed E-state index contributed by atoms with van der Waals surface area (Å²) in [7, 11) is 1.60. The minimum atomic E-state index is -0.901. The molecule has 1 aliphatic carbocycles.